The van der Waals surface area contributed by atoms with Crippen LogP contribution in [0.1, 0.15) is 77.8 Å². The molecule has 1 saturated carbocycles. The number of nitrogens with one attached hydrogen (secondary N) is 2. The summed E-state index contributed by atoms with van der Waals surface area (Å²) in [4.78, 5) is 38.9. The first-order valence-corrected chi connectivity index (χ1v) is 13.5. The molecule has 9 nitrogen and oxygen atoms in total. The molecule has 0 unspecified atom stereocenters. The Kier molecular flexibility index (Phi) is 7.64. The van der Waals surface area contributed by atoms with Gasteiger partial charge in [-0.2, -0.15) is 0 Å². The zero-order valence-corrected chi connectivity index (χ0v) is 22.9. The van der Waals surface area contributed by atoms with Crippen LogP contribution in [0, 0.1) is 23.5 Å². The minimum absolute atomic E-state index is 0.00638. The normalized spacial score (nSPS) is 18.1. The molecule has 3 heterocycles. The van der Waals surface area contributed by atoms with Gasteiger partial charge in [-0.3, -0.25) is 14.6 Å². The number of amides is 2. The van der Waals surface area contributed by atoms with E-state index >= 15 is 4.39 Å². The first-order chi connectivity index (χ1) is 19.2. The number of aromatic nitrogens is 4. The molecule has 210 valence electrons. The highest BCUT2D eigenvalue weighted by molar-refractivity contribution is 6.01. The summed E-state index contributed by atoms with van der Waals surface area (Å²) in [7, 11) is 2.99. The molecule has 0 bridgehead atoms. The average Bonchev–Trinajstić information content (AvgIpc) is 3.60. The number of hydrogen-bond donors (Lipinski definition) is 2. The molecule has 1 aromatic carbocycles. The van der Waals surface area contributed by atoms with Crippen LogP contribution in [-0.2, 0) is 6.42 Å². The maximum atomic E-state index is 16.0. The van der Waals surface area contributed by atoms with Crippen molar-refractivity contribution in [1.82, 2.24) is 30.3 Å². The molecule has 0 aliphatic heterocycles. The van der Waals surface area contributed by atoms with Gasteiger partial charge in [-0.15, -0.1) is 0 Å². The lowest BCUT2D eigenvalue weighted by Crippen LogP contribution is -2.36. The Morgan fingerprint density at radius 3 is 2.60 bits per heavy atom. The third-order valence-corrected chi connectivity index (χ3v) is 7.76. The van der Waals surface area contributed by atoms with Crippen LogP contribution in [0.3, 0.4) is 0 Å². The summed E-state index contributed by atoms with van der Waals surface area (Å²) >= 11 is 0. The van der Waals surface area contributed by atoms with E-state index in [1.54, 1.807) is 6.07 Å². The number of nitrogens with zero attached hydrogens (tertiary/aromatic N) is 4. The monoisotopic (exact) mass is 550 g/mol. The molecular formula is C29H32F2N6O3. The number of H-pyrrole nitrogens is 1. The van der Waals surface area contributed by atoms with E-state index in [1.807, 2.05) is 6.92 Å². The molecule has 1 fully saturated rings. The van der Waals surface area contributed by atoms with E-state index in [0.717, 1.165) is 31.9 Å². The zero-order chi connectivity index (χ0) is 28.6. The lowest BCUT2D eigenvalue weighted by molar-refractivity contribution is 0.0823. The van der Waals surface area contributed by atoms with Gasteiger partial charge in [0.2, 0.25) is 0 Å². The van der Waals surface area contributed by atoms with E-state index in [9.17, 15) is 14.0 Å². The van der Waals surface area contributed by atoms with E-state index in [2.05, 4.69) is 32.3 Å². The fourth-order valence-electron chi connectivity index (χ4n) is 5.44. The number of carbonyl (C=O) groups is 2. The van der Waals surface area contributed by atoms with Gasteiger partial charge >= 0.3 is 0 Å². The van der Waals surface area contributed by atoms with Crippen molar-refractivity contribution in [2.24, 2.45) is 11.8 Å². The number of aromatic amines is 1. The molecule has 4 aromatic rings. The topological polar surface area (TPSA) is 117 Å². The van der Waals surface area contributed by atoms with Crippen molar-refractivity contribution in [3.05, 3.63) is 65.1 Å². The number of benzene rings is 1. The summed E-state index contributed by atoms with van der Waals surface area (Å²) in [6.07, 6.45) is 7.86. The van der Waals surface area contributed by atoms with Gasteiger partial charge in [0.1, 0.15) is 23.2 Å². The smallest absolute Gasteiger partial charge is 0.257 e. The zero-order valence-electron chi connectivity index (χ0n) is 22.9. The Hall–Kier alpha value is -4.15. The van der Waals surface area contributed by atoms with Crippen molar-refractivity contribution < 1.29 is 22.9 Å². The van der Waals surface area contributed by atoms with Crippen LogP contribution in [0.25, 0.3) is 22.2 Å². The van der Waals surface area contributed by atoms with Crippen molar-refractivity contribution in [3.8, 4) is 11.1 Å². The second-order valence-corrected chi connectivity index (χ2v) is 10.7. The van der Waals surface area contributed by atoms with E-state index < -0.39 is 23.6 Å². The van der Waals surface area contributed by atoms with Gasteiger partial charge in [0, 0.05) is 31.4 Å². The van der Waals surface area contributed by atoms with Crippen molar-refractivity contribution in [2.45, 2.75) is 52.0 Å². The third-order valence-electron chi connectivity index (χ3n) is 7.76. The van der Waals surface area contributed by atoms with Crippen LogP contribution in [0.15, 0.2) is 35.3 Å². The molecule has 1 aliphatic carbocycles. The van der Waals surface area contributed by atoms with E-state index in [-0.39, 0.29) is 34.0 Å². The van der Waals surface area contributed by atoms with Gasteiger partial charge < -0.3 is 19.7 Å². The van der Waals surface area contributed by atoms with Gasteiger partial charge in [-0.1, -0.05) is 31.8 Å². The number of aryl methyl sites for hydroxylation is 1. The molecule has 2 amide bonds. The van der Waals surface area contributed by atoms with Crippen molar-refractivity contribution in [3.63, 3.8) is 0 Å². The second kappa shape index (κ2) is 11.1. The number of pyridine rings is 1. The highest BCUT2D eigenvalue weighted by Gasteiger charge is 2.32. The second-order valence-electron chi connectivity index (χ2n) is 10.7. The molecule has 0 saturated heterocycles. The largest absolute Gasteiger partial charge is 0.364 e. The highest BCUT2D eigenvalue weighted by Crippen LogP contribution is 2.38. The van der Waals surface area contributed by atoms with Gasteiger partial charge in [0.25, 0.3) is 11.8 Å². The maximum Gasteiger partial charge on any atom is 0.257 e. The third kappa shape index (κ3) is 5.07. The van der Waals surface area contributed by atoms with Crippen LogP contribution in [0.5, 0.6) is 0 Å². The summed E-state index contributed by atoms with van der Waals surface area (Å²) in [6.45, 7) is 4.10. The highest BCUT2D eigenvalue weighted by atomic mass is 19.1. The van der Waals surface area contributed by atoms with Crippen LogP contribution >= 0.6 is 0 Å². The molecule has 5 rings (SSSR count). The Balaban J connectivity index is 1.56. The number of carbonyl (C=O) groups excluding carboxylic acids is 2. The predicted octanol–water partition coefficient (Wildman–Crippen LogP) is 5.45. The molecule has 11 heteroatoms. The van der Waals surface area contributed by atoms with E-state index in [4.69, 9.17) is 4.52 Å². The Bertz CT molecular complexity index is 1550. The molecule has 40 heavy (non-hydrogen) atoms. The van der Waals surface area contributed by atoms with E-state index in [0.29, 0.717) is 34.9 Å². The van der Waals surface area contributed by atoms with Gasteiger partial charge in [0.15, 0.2) is 11.6 Å². The SMILES string of the molecule is CCc1nocc1C(=O)N[C@H](c1nc2c(F)c(-c3cncc(F)c3C(=O)N(C)C)ccc2[nH]1)C1CCC(C)CC1. The molecule has 1 atom stereocenters. The first kappa shape index (κ1) is 27.4. The molecule has 2 N–H and O–H groups in total. The lowest BCUT2D eigenvalue weighted by Gasteiger charge is -2.32. The minimum Gasteiger partial charge on any atom is -0.364 e. The number of halogens is 2. The Morgan fingerprint density at radius 2 is 1.90 bits per heavy atom. The molecule has 3 aromatic heterocycles. The van der Waals surface area contributed by atoms with Crippen molar-refractivity contribution in [1.29, 1.82) is 0 Å². The quantitative estimate of drug-likeness (QED) is 0.316. The van der Waals surface area contributed by atoms with Crippen molar-refractivity contribution in [2.75, 3.05) is 14.1 Å². The lowest BCUT2D eigenvalue weighted by atomic mass is 9.79. The van der Waals surface area contributed by atoms with E-state index in [1.165, 1.54) is 37.5 Å². The summed E-state index contributed by atoms with van der Waals surface area (Å²) < 4.78 is 35.8. The van der Waals surface area contributed by atoms with Crippen LogP contribution in [0.4, 0.5) is 8.78 Å². The number of hydrogen-bond acceptors (Lipinski definition) is 6. The van der Waals surface area contributed by atoms with Crippen molar-refractivity contribution >= 4 is 22.8 Å². The molecule has 0 spiro atoms. The van der Waals surface area contributed by atoms with Crippen LogP contribution in [0.2, 0.25) is 0 Å². The summed E-state index contributed by atoms with van der Waals surface area (Å²) in [5.41, 5.74) is 1.14. The Labute approximate surface area is 230 Å². The van der Waals surface area contributed by atoms with Gasteiger partial charge in [-0.25, -0.2) is 13.8 Å². The maximum absolute atomic E-state index is 16.0. The summed E-state index contributed by atoms with van der Waals surface area (Å²) in [5, 5.41) is 7.01. The van der Waals surface area contributed by atoms with Crippen LogP contribution < -0.4 is 5.32 Å². The van der Waals surface area contributed by atoms with Gasteiger partial charge in [-0.05, 0) is 43.2 Å². The fraction of sp³-hybridized carbons (Fsp3) is 0.414. The standard InChI is InChI=1S/C29H32F2N6O3/c1-5-21-19(14-40-36-21)28(38)35-25(16-8-6-15(2)7-9-16)27-33-22-11-10-17(24(31)26(22)34-27)18-12-32-13-20(30)23(18)29(39)37(3)4/h10-16,25H,5-9H2,1-4H3,(H,33,34)(H,35,38)/t15?,16?,25-/m0/s1. The number of rotatable bonds is 7. The van der Waals surface area contributed by atoms with Gasteiger partial charge in [0.05, 0.1) is 29.0 Å². The first-order valence-electron chi connectivity index (χ1n) is 13.5. The van der Waals surface area contributed by atoms with Crippen LogP contribution in [-0.4, -0.2) is 50.9 Å². The summed E-state index contributed by atoms with van der Waals surface area (Å²) in [5.74, 6) is -1.39. The summed E-state index contributed by atoms with van der Waals surface area (Å²) in [6, 6.07) is 2.61. The molecule has 0 radical (unpaired) electrons. The average molecular weight is 551 g/mol. The predicted molar refractivity (Wildman–Crippen MR) is 144 cm³/mol. The molecule has 1 aliphatic rings. The fourth-order valence-corrected chi connectivity index (χ4v) is 5.44. The molecular weight excluding hydrogens is 518 g/mol. The minimum atomic E-state index is -0.840. The number of imidazole rings is 1. The number of fused-ring (bicyclic) bond motifs is 1. The Morgan fingerprint density at radius 1 is 1.15 bits per heavy atom.